The van der Waals surface area contributed by atoms with E-state index < -0.39 is 10.0 Å². The van der Waals surface area contributed by atoms with E-state index in [9.17, 15) is 13.2 Å². The van der Waals surface area contributed by atoms with Gasteiger partial charge in [-0.05, 0) is 54.2 Å². The molecule has 47 heavy (non-hydrogen) atoms. The lowest BCUT2D eigenvalue weighted by atomic mass is 9.87. The Hall–Kier alpha value is -4.78. The summed E-state index contributed by atoms with van der Waals surface area (Å²) in [4.78, 5) is 30.3. The molecule has 1 fully saturated rings. The van der Waals surface area contributed by atoms with Gasteiger partial charge in [-0.3, -0.25) is 9.52 Å². The zero-order valence-electron chi connectivity index (χ0n) is 27.0. The summed E-state index contributed by atoms with van der Waals surface area (Å²) in [7, 11) is -2.70. The minimum atomic E-state index is -4.18. The molecule has 0 spiro atoms. The number of para-hydroxylation sites is 2. The van der Waals surface area contributed by atoms with Crippen molar-refractivity contribution in [2.45, 2.75) is 75.6 Å². The van der Waals surface area contributed by atoms with Gasteiger partial charge in [0.05, 0.1) is 25.0 Å². The Morgan fingerprint density at radius 2 is 1.57 bits per heavy atom. The van der Waals surface area contributed by atoms with Crippen molar-refractivity contribution >= 4 is 21.7 Å². The molecule has 1 aliphatic rings. The minimum Gasteiger partial charge on any atom is -0.493 e. The van der Waals surface area contributed by atoms with Gasteiger partial charge in [0.15, 0.2) is 23.1 Å². The molecule has 5 rings (SSSR count). The Balaban J connectivity index is 1.52. The zero-order valence-corrected chi connectivity index (χ0v) is 27.8. The van der Waals surface area contributed by atoms with Crippen molar-refractivity contribution in [1.82, 2.24) is 25.3 Å². The number of hydrogen-bond acceptors (Lipinski definition) is 10. The predicted molar refractivity (Wildman–Crippen MR) is 177 cm³/mol. The third kappa shape index (κ3) is 8.73. The monoisotopic (exact) mass is 660 g/mol. The zero-order chi connectivity index (χ0) is 33.4. The minimum absolute atomic E-state index is 0.0135. The number of nitrogens with one attached hydrogen (secondary N) is 2. The van der Waals surface area contributed by atoms with E-state index in [1.807, 2.05) is 20.8 Å². The second-order valence-corrected chi connectivity index (χ2v) is 13.9. The van der Waals surface area contributed by atoms with Crippen LogP contribution in [0.25, 0.3) is 11.6 Å². The quantitative estimate of drug-likeness (QED) is 0.183. The van der Waals surface area contributed by atoms with Crippen molar-refractivity contribution in [2.24, 2.45) is 0 Å². The summed E-state index contributed by atoms with van der Waals surface area (Å²) in [6.45, 7) is 6.08. The van der Waals surface area contributed by atoms with Crippen LogP contribution in [0.15, 0.2) is 71.9 Å². The summed E-state index contributed by atoms with van der Waals surface area (Å²) in [6, 6.07) is 15.3. The van der Waals surface area contributed by atoms with Crippen LogP contribution in [-0.4, -0.2) is 54.0 Å². The Labute approximate surface area is 275 Å². The van der Waals surface area contributed by atoms with Gasteiger partial charge in [0.2, 0.25) is 17.5 Å². The van der Waals surface area contributed by atoms with Crippen LogP contribution in [0.4, 0.5) is 5.82 Å². The van der Waals surface area contributed by atoms with Gasteiger partial charge < -0.3 is 19.5 Å². The number of carbonyl (C=O) groups is 1. The van der Waals surface area contributed by atoms with Crippen LogP contribution in [-0.2, 0) is 20.2 Å². The van der Waals surface area contributed by atoms with Gasteiger partial charge in [-0.15, -0.1) is 0 Å². The summed E-state index contributed by atoms with van der Waals surface area (Å²) in [5.41, 5.74) is 0.813. The predicted octanol–water partition coefficient (Wildman–Crippen LogP) is 6.05. The van der Waals surface area contributed by atoms with E-state index in [0.29, 0.717) is 5.75 Å². The summed E-state index contributed by atoms with van der Waals surface area (Å²) in [5.74, 6) is 0.159. The van der Waals surface area contributed by atoms with Crippen molar-refractivity contribution in [1.29, 1.82) is 0 Å². The van der Waals surface area contributed by atoms with Crippen molar-refractivity contribution in [3.8, 4) is 34.8 Å². The third-order valence-corrected chi connectivity index (χ3v) is 9.04. The molecule has 0 saturated heterocycles. The number of rotatable bonds is 12. The van der Waals surface area contributed by atoms with E-state index in [1.165, 1.54) is 38.1 Å². The molecule has 1 aliphatic carbocycles. The standard InChI is InChI=1S/C34H40N6O6S/c1-34(2,3)23-15-17-25(18-16-23)47(42,43)40-30-29(46-27-14-9-8-13-26(27)44-4)33(39-32(38-30)31-35-20-10-21-36-31)45-22-19-28(41)37-24-11-6-5-7-12-24/h8-10,13-18,20-21,24H,5-7,11-12,19,22H2,1-4H3,(H,37,41)(H,38,39,40). The van der Waals surface area contributed by atoms with Crippen molar-refractivity contribution in [2.75, 3.05) is 18.4 Å². The highest BCUT2D eigenvalue weighted by atomic mass is 32.2. The van der Waals surface area contributed by atoms with Gasteiger partial charge in [-0.25, -0.2) is 23.4 Å². The van der Waals surface area contributed by atoms with Gasteiger partial charge in [-0.2, -0.15) is 4.98 Å². The number of carbonyl (C=O) groups excluding carboxylic acids is 1. The summed E-state index contributed by atoms with van der Waals surface area (Å²) in [6.07, 6.45) is 8.36. The fourth-order valence-electron chi connectivity index (χ4n) is 5.12. The van der Waals surface area contributed by atoms with Gasteiger partial charge >= 0.3 is 0 Å². The number of methoxy groups -OCH3 is 1. The maximum absolute atomic E-state index is 13.8. The number of anilines is 1. The van der Waals surface area contributed by atoms with Crippen LogP contribution < -0.4 is 24.2 Å². The first-order valence-electron chi connectivity index (χ1n) is 15.6. The molecule has 0 unspecified atom stereocenters. The molecule has 2 heterocycles. The fourth-order valence-corrected chi connectivity index (χ4v) is 6.13. The Bertz CT molecular complexity index is 1770. The van der Waals surface area contributed by atoms with Crippen LogP contribution in [0.2, 0.25) is 0 Å². The second-order valence-electron chi connectivity index (χ2n) is 12.2. The molecular weight excluding hydrogens is 620 g/mol. The Morgan fingerprint density at radius 3 is 2.23 bits per heavy atom. The van der Waals surface area contributed by atoms with Gasteiger partial charge in [-0.1, -0.05) is 64.3 Å². The molecule has 248 valence electrons. The van der Waals surface area contributed by atoms with Crippen molar-refractivity contribution in [3.63, 3.8) is 0 Å². The van der Waals surface area contributed by atoms with Crippen LogP contribution in [0.3, 0.4) is 0 Å². The molecule has 0 atom stereocenters. The highest BCUT2D eigenvalue weighted by Gasteiger charge is 2.27. The maximum Gasteiger partial charge on any atom is 0.263 e. The van der Waals surface area contributed by atoms with Crippen LogP contribution in [0.5, 0.6) is 23.1 Å². The highest BCUT2D eigenvalue weighted by molar-refractivity contribution is 7.92. The average molecular weight is 661 g/mol. The maximum atomic E-state index is 13.8. The Morgan fingerprint density at radius 1 is 0.894 bits per heavy atom. The summed E-state index contributed by atoms with van der Waals surface area (Å²) >= 11 is 0. The van der Waals surface area contributed by atoms with Crippen LogP contribution >= 0.6 is 0 Å². The molecule has 13 heteroatoms. The van der Waals surface area contributed by atoms with Crippen molar-refractivity contribution < 1.29 is 27.4 Å². The number of amides is 1. The lowest BCUT2D eigenvalue weighted by Crippen LogP contribution is -2.36. The van der Waals surface area contributed by atoms with E-state index in [4.69, 9.17) is 14.2 Å². The number of benzene rings is 2. The molecule has 0 radical (unpaired) electrons. The average Bonchev–Trinajstić information content (AvgIpc) is 3.06. The largest absolute Gasteiger partial charge is 0.493 e. The SMILES string of the molecule is COc1ccccc1Oc1c(NS(=O)(=O)c2ccc(C(C)(C)C)cc2)nc(-c2ncccn2)nc1OCCC(=O)NC1CCCCC1. The van der Waals surface area contributed by atoms with E-state index >= 15 is 0 Å². The number of aromatic nitrogens is 4. The van der Waals surface area contributed by atoms with E-state index in [0.717, 1.165) is 31.2 Å². The van der Waals surface area contributed by atoms with Gasteiger partial charge in [0.25, 0.3) is 15.9 Å². The molecule has 4 aromatic rings. The number of hydrogen-bond donors (Lipinski definition) is 2. The molecular formula is C34H40N6O6S. The smallest absolute Gasteiger partial charge is 0.263 e. The normalized spacial score (nSPS) is 13.9. The summed E-state index contributed by atoms with van der Waals surface area (Å²) < 4.78 is 47.8. The van der Waals surface area contributed by atoms with E-state index in [1.54, 1.807) is 42.5 Å². The molecule has 0 aliphatic heterocycles. The number of sulfonamides is 1. The van der Waals surface area contributed by atoms with Crippen molar-refractivity contribution in [3.05, 3.63) is 72.6 Å². The number of ether oxygens (including phenoxy) is 3. The van der Waals surface area contributed by atoms with Crippen LogP contribution in [0, 0.1) is 0 Å². The molecule has 0 bridgehead atoms. The third-order valence-electron chi connectivity index (χ3n) is 7.68. The molecule has 1 saturated carbocycles. The first kappa shape index (κ1) is 33.6. The second kappa shape index (κ2) is 14.8. The Kier molecular flexibility index (Phi) is 10.5. The summed E-state index contributed by atoms with van der Waals surface area (Å²) in [5, 5.41) is 3.07. The fraction of sp³-hybridized carbons (Fsp3) is 0.382. The lowest BCUT2D eigenvalue weighted by molar-refractivity contribution is -0.122. The first-order valence-corrected chi connectivity index (χ1v) is 17.1. The van der Waals surface area contributed by atoms with E-state index in [2.05, 4.69) is 30.0 Å². The molecule has 12 nitrogen and oxygen atoms in total. The number of nitrogens with zero attached hydrogens (tertiary/aromatic N) is 4. The molecule has 2 aromatic carbocycles. The van der Waals surface area contributed by atoms with Crippen LogP contribution in [0.1, 0.15) is 64.9 Å². The van der Waals surface area contributed by atoms with Gasteiger partial charge in [0, 0.05) is 18.4 Å². The topological polar surface area (TPSA) is 155 Å². The molecule has 2 N–H and O–H groups in total. The lowest BCUT2D eigenvalue weighted by Gasteiger charge is -2.22. The van der Waals surface area contributed by atoms with Gasteiger partial charge in [0.1, 0.15) is 0 Å². The highest BCUT2D eigenvalue weighted by Crippen LogP contribution is 2.41. The molecule has 1 amide bonds. The molecule has 2 aromatic heterocycles. The first-order chi connectivity index (χ1) is 22.5. The van der Waals surface area contributed by atoms with E-state index in [-0.39, 0.29) is 70.1 Å².